The third-order valence-electron chi connectivity index (χ3n) is 8.70. The van der Waals surface area contributed by atoms with Gasteiger partial charge in [0.15, 0.2) is 0 Å². The van der Waals surface area contributed by atoms with Gasteiger partial charge in [-0.15, -0.1) is 25.3 Å². The second kappa shape index (κ2) is 14.8. The highest BCUT2D eigenvalue weighted by molar-refractivity contribution is 7.81. The van der Waals surface area contributed by atoms with Crippen molar-refractivity contribution >= 4 is 36.4 Å². The Morgan fingerprint density at radius 2 is 1.42 bits per heavy atom. The van der Waals surface area contributed by atoms with Gasteiger partial charge in [-0.25, -0.2) is 0 Å². The van der Waals surface area contributed by atoms with Gasteiger partial charge in [0.25, 0.3) is 0 Å². The van der Waals surface area contributed by atoms with Crippen LogP contribution in [0.3, 0.4) is 0 Å². The number of hydrogen-bond acceptors (Lipinski definition) is 3. The summed E-state index contributed by atoms with van der Waals surface area (Å²) in [7, 11) is 0. The zero-order valence-electron chi connectivity index (χ0n) is 25.7. The molecular weight excluding hydrogens is 566 g/mol. The smallest absolute Gasteiger partial charge is 0.0906 e. The normalized spacial score (nSPS) is 16.8. The lowest BCUT2D eigenvalue weighted by atomic mass is 9.86. The van der Waals surface area contributed by atoms with Gasteiger partial charge in [0.1, 0.15) is 0 Å². The van der Waals surface area contributed by atoms with Crippen LogP contribution in [-0.4, -0.2) is 31.2 Å². The van der Waals surface area contributed by atoms with E-state index in [1.54, 1.807) is 0 Å². The molecule has 1 saturated heterocycles. The molecule has 43 heavy (non-hydrogen) atoms. The number of benzene rings is 4. The van der Waals surface area contributed by atoms with Crippen LogP contribution in [-0.2, 0) is 6.42 Å². The average Bonchev–Trinajstić information content (AvgIpc) is 3.33. The molecule has 4 aromatic rings. The van der Waals surface area contributed by atoms with Crippen LogP contribution in [0.5, 0.6) is 0 Å². The van der Waals surface area contributed by atoms with E-state index in [-0.39, 0.29) is 6.67 Å². The molecule has 0 N–H and O–H groups in total. The van der Waals surface area contributed by atoms with Crippen molar-refractivity contribution in [1.82, 2.24) is 4.90 Å². The van der Waals surface area contributed by atoms with Gasteiger partial charge in [0.05, 0.1) is 6.67 Å². The maximum absolute atomic E-state index is 11.7. The summed E-state index contributed by atoms with van der Waals surface area (Å²) in [6.07, 6.45) is 5.22. The second-order valence-corrected chi connectivity index (χ2v) is 13.2. The zero-order chi connectivity index (χ0) is 30.3. The summed E-state index contributed by atoms with van der Waals surface area (Å²) in [6.45, 7) is 9.70. The van der Waals surface area contributed by atoms with Gasteiger partial charge in [-0.3, -0.25) is 4.39 Å². The van der Waals surface area contributed by atoms with Crippen molar-refractivity contribution in [2.45, 2.75) is 62.7 Å². The van der Waals surface area contributed by atoms with E-state index in [1.807, 2.05) is 6.07 Å². The van der Waals surface area contributed by atoms with Crippen LogP contribution < -0.4 is 0 Å². The summed E-state index contributed by atoms with van der Waals surface area (Å²) in [5.74, 6) is 0.833. The number of likely N-dealkylation sites (tertiary alicyclic amines) is 1. The zero-order valence-corrected chi connectivity index (χ0v) is 27.5. The van der Waals surface area contributed by atoms with Crippen molar-refractivity contribution in [3.8, 4) is 11.1 Å². The summed E-state index contributed by atoms with van der Waals surface area (Å²) in [6, 6.07) is 31.1. The summed E-state index contributed by atoms with van der Waals surface area (Å²) in [4.78, 5) is 4.28. The molecule has 1 unspecified atom stereocenters. The number of rotatable bonds is 6. The Kier molecular flexibility index (Phi) is 10.9. The fourth-order valence-corrected chi connectivity index (χ4v) is 6.97. The minimum Gasteiger partial charge on any atom is -0.303 e. The Labute approximate surface area is 269 Å². The molecule has 6 rings (SSSR count). The number of fused-ring (bicyclic) bond motifs is 1. The van der Waals surface area contributed by atoms with Gasteiger partial charge in [-0.1, -0.05) is 90.8 Å². The van der Waals surface area contributed by atoms with E-state index in [1.165, 1.54) is 75.2 Å². The third kappa shape index (κ3) is 8.03. The summed E-state index contributed by atoms with van der Waals surface area (Å²) < 4.78 is 11.7. The molecule has 0 amide bonds. The van der Waals surface area contributed by atoms with Crippen LogP contribution in [0.4, 0.5) is 4.39 Å². The molecule has 2 aliphatic rings. The van der Waals surface area contributed by atoms with E-state index in [2.05, 4.69) is 117 Å². The molecule has 1 atom stereocenters. The second-order valence-electron chi connectivity index (χ2n) is 12.2. The quantitative estimate of drug-likeness (QED) is 0.206. The standard InChI is InChI=1S/C31H28S2.C8H16FN/c1-20-6-10-22(11-7-20)24-14-16-27-25(18-24)4-3-5-29(28-17-15-26(32)19-30(28)33)31(27)23-12-8-21(2)9-13-23;1-8-3-6-10(7-8)5-2-4-9/h6-19,32-33H,3-5H2,1-2H3;8H,2-7H2,1H3. The molecule has 0 saturated carbocycles. The van der Waals surface area contributed by atoms with Crippen molar-refractivity contribution in [2.24, 2.45) is 5.92 Å². The number of alkyl halides is 1. The van der Waals surface area contributed by atoms with Crippen LogP contribution in [0.15, 0.2) is 94.7 Å². The van der Waals surface area contributed by atoms with E-state index in [9.17, 15) is 4.39 Å². The molecule has 0 aromatic heterocycles. The third-order valence-corrected chi connectivity index (χ3v) is 9.34. The monoisotopic (exact) mass is 609 g/mol. The lowest BCUT2D eigenvalue weighted by molar-refractivity contribution is 0.304. The van der Waals surface area contributed by atoms with Crippen LogP contribution in [0, 0.1) is 19.8 Å². The Balaban J connectivity index is 0.000000314. The molecule has 0 radical (unpaired) electrons. The van der Waals surface area contributed by atoms with Crippen molar-refractivity contribution in [3.05, 3.63) is 118 Å². The van der Waals surface area contributed by atoms with Crippen molar-refractivity contribution < 1.29 is 4.39 Å². The van der Waals surface area contributed by atoms with E-state index < -0.39 is 0 Å². The average molecular weight is 610 g/mol. The predicted octanol–water partition coefficient (Wildman–Crippen LogP) is 10.5. The molecule has 1 aliphatic heterocycles. The topological polar surface area (TPSA) is 3.24 Å². The SMILES string of the molecule is CC1CCN(CCCF)C1.Cc1ccc(C2=C(c3ccc(S)cc3S)CCCc3cc(-c4ccc(C)cc4)ccc32)cc1. The highest BCUT2D eigenvalue weighted by Crippen LogP contribution is 2.42. The highest BCUT2D eigenvalue weighted by Gasteiger charge is 2.22. The van der Waals surface area contributed by atoms with Crippen LogP contribution in [0.2, 0.25) is 0 Å². The number of thiol groups is 2. The summed E-state index contributed by atoms with van der Waals surface area (Å²) in [5.41, 5.74) is 13.1. The van der Waals surface area contributed by atoms with E-state index in [0.29, 0.717) is 6.42 Å². The first-order valence-corrected chi connectivity index (χ1v) is 16.5. The van der Waals surface area contributed by atoms with E-state index >= 15 is 0 Å². The largest absolute Gasteiger partial charge is 0.303 e. The van der Waals surface area contributed by atoms with Gasteiger partial charge in [-0.2, -0.15) is 0 Å². The van der Waals surface area contributed by atoms with Crippen LogP contribution in [0.1, 0.15) is 66.0 Å². The molecule has 224 valence electrons. The number of halogens is 1. The molecule has 1 nitrogen and oxygen atoms in total. The van der Waals surface area contributed by atoms with Crippen molar-refractivity contribution in [1.29, 1.82) is 0 Å². The van der Waals surface area contributed by atoms with Crippen molar-refractivity contribution in [3.63, 3.8) is 0 Å². The molecule has 0 bridgehead atoms. The molecule has 0 spiro atoms. The number of allylic oxidation sites excluding steroid dienone is 1. The maximum atomic E-state index is 11.7. The Hall–Kier alpha value is -2.79. The Morgan fingerprint density at radius 3 is 2.05 bits per heavy atom. The molecule has 4 aromatic carbocycles. The minimum atomic E-state index is -0.162. The minimum absolute atomic E-state index is 0.162. The Bertz CT molecular complexity index is 1560. The summed E-state index contributed by atoms with van der Waals surface area (Å²) >= 11 is 9.36. The first kappa shape index (κ1) is 31.6. The number of hydrogen-bond donors (Lipinski definition) is 2. The first-order chi connectivity index (χ1) is 20.8. The fourth-order valence-electron chi connectivity index (χ4n) is 6.32. The molecular formula is C39H44FNS2. The number of aryl methyl sites for hydroxylation is 3. The van der Waals surface area contributed by atoms with Crippen LogP contribution in [0.25, 0.3) is 22.3 Å². The Morgan fingerprint density at radius 1 is 0.767 bits per heavy atom. The molecule has 4 heteroatoms. The van der Waals surface area contributed by atoms with Crippen LogP contribution >= 0.6 is 25.3 Å². The lowest BCUT2D eigenvalue weighted by Gasteiger charge is -2.19. The lowest BCUT2D eigenvalue weighted by Crippen LogP contribution is -2.21. The predicted molar refractivity (Wildman–Crippen MR) is 188 cm³/mol. The summed E-state index contributed by atoms with van der Waals surface area (Å²) in [5, 5.41) is 0. The van der Waals surface area contributed by atoms with Gasteiger partial charge in [0.2, 0.25) is 0 Å². The van der Waals surface area contributed by atoms with Gasteiger partial charge in [-0.05, 0) is 115 Å². The van der Waals surface area contributed by atoms with Gasteiger partial charge >= 0.3 is 0 Å². The van der Waals surface area contributed by atoms with E-state index in [4.69, 9.17) is 12.6 Å². The van der Waals surface area contributed by atoms with Gasteiger partial charge < -0.3 is 4.90 Å². The molecule has 1 fully saturated rings. The maximum Gasteiger partial charge on any atom is 0.0906 e. The van der Waals surface area contributed by atoms with Gasteiger partial charge in [0, 0.05) is 22.9 Å². The fraction of sp³-hybridized carbons (Fsp3) is 0.333. The number of nitrogens with zero attached hydrogens (tertiary/aromatic N) is 1. The molecule has 1 heterocycles. The highest BCUT2D eigenvalue weighted by atomic mass is 32.1. The van der Waals surface area contributed by atoms with E-state index in [0.717, 1.165) is 41.5 Å². The van der Waals surface area contributed by atoms with Crippen molar-refractivity contribution in [2.75, 3.05) is 26.3 Å². The molecule has 1 aliphatic carbocycles. The first-order valence-electron chi connectivity index (χ1n) is 15.6.